The predicted octanol–water partition coefficient (Wildman–Crippen LogP) is 4.27. The van der Waals surface area contributed by atoms with Gasteiger partial charge >= 0.3 is 0 Å². The molecule has 0 heterocycles. The molecule has 4 nitrogen and oxygen atoms in total. The van der Waals surface area contributed by atoms with Gasteiger partial charge in [0.05, 0.1) is 12.0 Å². The van der Waals surface area contributed by atoms with Gasteiger partial charge in [0.2, 0.25) is 11.8 Å². The smallest absolute Gasteiger partial charge is 0.243 e. The van der Waals surface area contributed by atoms with Gasteiger partial charge in [-0.05, 0) is 62.4 Å². The molecule has 148 valence electrons. The van der Waals surface area contributed by atoms with Crippen LogP contribution in [0.3, 0.4) is 0 Å². The molecule has 2 amide bonds. The molecule has 1 saturated carbocycles. The maximum absolute atomic E-state index is 13.7. The van der Waals surface area contributed by atoms with Crippen LogP contribution in [-0.2, 0) is 15.0 Å². The van der Waals surface area contributed by atoms with Crippen LogP contribution in [0.1, 0.15) is 41.5 Å². The van der Waals surface area contributed by atoms with E-state index >= 15 is 0 Å². The predicted molar refractivity (Wildman–Crippen MR) is 109 cm³/mol. The number of benzene rings is 2. The van der Waals surface area contributed by atoms with Gasteiger partial charge in [-0.3, -0.25) is 9.59 Å². The van der Waals surface area contributed by atoms with Crippen molar-refractivity contribution in [2.24, 2.45) is 0 Å². The van der Waals surface area contributed by atoms with Crippen molar-refractivity contribution in [3.8, 4) is 0 Å². The van der Waals surface area contributed by atoms with Crippen LogP contribution in [0.15, 0.2) is 36.4 Å². The van der Waals surface area contributed by atoms with Gasteiger partial charge in [0.1, 0.15) is 5.82 Å². The summed E-state index contributed by atoms with van der Waals surface area (Å²) in [5.41, 5.74) is 3.90. The molecule has 2 aromatic carbocycles. The Kier molecular flexibility index (Phi) is 5.54. The third kappa shape index (κ3) is 3.79. The largest absolute Gasteiger partial charge is 0.336 e. The zero-order valence-corrected chi connectivity index (χ0v) is 16.9. The van der Waals surface area contributed by atoms with Gasteiger partial charge in [0.15, 0.2) is 0 Å². The standard InChI is InChI=1S/C23H27FN2O2/c1-15-11-16(2)21(17(3)12-15)25-20(27)14-26(4)22(28)23(9-6-10-23)18-7-5-8-19(24)13-18/h5,7-8,11-13H,6,9-10,14H2,1-4H3,(H,25,27). The second-order valence-electron chi connectivity index (χ2n) is 7.93. The summed E-state index contributed by atoms with van der Waals surface area (Å²) in [4.78, 5) is 27.2. The molecule has 1 N–H and O–H groups in total. The molecule has 0 radical (unpaired) electrons. The first-order chi connectivity index (χ1) is 13.2. The second kappa shape index (κ2) is 7.74. The highest BCUT2D eigenvalue weighted by Crippen LogP contribution is 2.45. The van der Waals surface area contributed by atoms with Gasteiger partial charge in [-0.2, -0.15) is 0 Å². The third-order valence-electron chi connectivity index (χ3n) is 5.66. The Balaban J connectivity index is 1.72. The Hall–Kier alpha value is -2.69. The lowest BCUT2D eigenvalue weighted by molar-refractivity contribution is -0.141. The monoisotopic (exact) mass is 382 g/mol. The minimum absolute atomic E-state index is 0.0390. The maximum atomic E-state index is 13.7. The van der Waals surface area contributed by atoms with E-state index in [2.05, 4.69) is 5.32 Å². The highest BCUT2D eigenvalue weighted by atomic mass is 19.1. The van der Waals surface area contributed by atoms with Crippen LogP contribution in [0.25, 0.3) is 0 Å². The number of hydrogen-bond acceptors (Lipinski definition) is 2. The number of rotatable bonds is 5. The number of nitrogens with zero attached hydrogens (tertiary/aromatic N) is 1. The number of hydrogen-bond donors (Lipinski definition) is 1. The summed E-state index contributed by atoms with van der Waals surface area (Å²) in [7, 11) is 1.64. The Morgan fingerprint density at radius 3 is 2.29 bits per heavy atom. The fraction of sp³-hybridized carbons (Fsp3) is 0.391. The van der Waals surface area contributed by atoms with E-state index in [9.17, 15) is 14.0 Å². The fourth-order valence-electron chi connectivity index (χ4n) is 4.15. The normalized spacial score (nSPS) is 14.9. The molecule has 2 aromatic rings. The van der Waals surface area contributed by atoms with Crippen molar-refractivity contribution < 1.29 is 14.0 Å². The van der Waals surface area contributed by atoms with E-state index in [0.29, 0.717) is 18.4 Å². The van der Waals surface area contributed by atoms with Crippen LogP contribution in [-0.4, -0.2) is 30.3 Å². The highest BCUT2D eigenvalue weighted by Gasteiger charge is 2.47. The van der Waals surface area contributed by atoms with E-state index in [1.165, 1.54) is 17.0 Å². The van der Waals surface area contributed by atoms with Crippen molar-refractivity contribution in [1.82, 2.24) is 4.90 Å². The highest BCUT2D eigenvalue weighted by molar-refractivity contribution is 5.97. The summed E-state index contributed by atoms with van der Waals surface area (Å²) in [5, 5.41) is 2.94. The van der Waals surface area contributed by atoms with Crippen LogP contribution in [0.5, 0.6) is 0 Å². The number of amides is 2. The molecule has 0 aliphatic heterocycles. The van der Waals surface area contributed by atoms with Crippen molar-refractivity contribution in [2.45, 2.75) is 45.4 Å². The molecule has 0 unspecified atom stereocenters. The van der Waals surface area contributed by atoms with Crippen molar-refractivity contribution in [3.05, 3.63) is 64.5 Å². The minimum Gasteiger partial charge on any atom is -0.336 e. The molecule has 28 heavy (non-hydrogen) atoms. The van der Waals surface area contributed by atoms with Crippen LogP contribution in [0.2, 0.25) is 0 Å². The Labute approximate surface area is 165 Å². The summed E-state index contributed by atoms with van der Waals surface area (Å²) < 4.78 is 13.7. The quantitative estimate of drug-likeness (QED) is 0.840. The first-order valence-electron chi connectivity index (χ1n) is 9.62. The molecule has 1 aliphatic carbocycles. The lowest BCUT2D eigenvalue weighted by Gasteiger charge is -2.43. The number of likely N-dealkylation sites (N-methyl/N-ethyl adjacent to an activating group) is 1. The Morgan fingerprint density at radius 2 is 1.75 bits per heavy atom. The summed E-state index contributed by atoms with van der Waals surface area (Å²) >= 11 is 0. The number of aryl methyl sites for hydroxylation is 3. The summed E-state index contributed by atoms with van der Waals surface area (Å²) in [6.45, 7) is 5.89. The van der Waals surface area contributed by atoms with Crippen molar-refractivity contribution >= 4 is 17.5 Å². The summed E-state index contributed by atoms with van der Waals surface area (Å²) in [5.74, 6) is -0.709. The lowest BCUT2D eigenvalue weighted by atomic mass is 9.63. The molecular formula is C23H27FN2O2. The first kappa shape index (κ1) is 20.1. The lowest BCUT2D eigenvalue weighted by Crippen LogP contribution is -2.51. The van der Waals surface area contributed by atoms with Crippen LogP contribution < -0.4 is 5.32 Å². The molecule has 0 spiro atoms. The SMILES string of the molecule is Cc1cc(C)c(NC(=O)CN(C)C(=O)C2(c3cccc(F)c3)CCC2)c(C)c1. The number of carbonyl (C=O) groups is 2. The van der Waals surface area contributed by atoms with Gasteiger partial charge in [-0.25, -0.2) is 4.39 Å². The third-order valence-corrected chi connectivity index (χ3v) is 5.66. The number of halogens is 1. The average molecular weight is 382 g/mol. The molecule has 0 saturated heterocycles. The van der Waals surface area contributed by atoms with Crippen LogP contribution >= 0.6 is 0 Å². The van der Waals surface area contributed by atoms with Gasteiger partial charge < -0.3 is 10.2 Å². The fourth-order valence-corrected chi connectivity index (χ4v) is 4.15. The van der Waals surface area contributed by atoms with E-state index in [1.54, 1.807) is 19.2 Å². The Morgan fingerprint density at radius 1 is 1.11 bits per heavy atom. The summed E-state index contributed by atoms with van der Waals surface area (Å²) in [6.07, 6.45) is 2.28. The number of nitrogens with one attached hydrogen (secondary N) is 1. The van der Waals surface area contributed by atoms with E-state index in [0.717, 1.165) is 28.8 Å². The molecule has 0 bridgehead atoms. The van der Waals surface area contributed by atoms with Crippen molar-refractivity contribution in [2.75, 3.05) is 18.9 Å². The van der Waals surface area contributed by atoms with Gasteiger partial charge in [0, 0.05) is 12.7 Å². The minimum atomic E-state index is -0.715. The zero-order chi connectivity index (χ0) is 20.5. The molecule has 1 fully saturated rings. The summed E-state index contributed by atoms with van der Waals surface area (Å²) in [6, 6.07) is 10.3. The second-order valence-corrected chi connectivity index (χ2v) is 7.93. The first-order valence-corrected chi connectivity index (χ1v) is 9.62. The molecular weight excluding hydrogens is 355 g/mol. The molecule has 0 aromatic heterocycles. The van der Waals surface area contributed by atoms with E-state index in [1.807, 2.05) is 32.9 Å². The van der Waals surface area contributed by atoms with Gasteiger partial charge in [-0.15, -0.1) is 0 Å². The Bertz CT molecular complexity index is 896. The van der Waals surface area contributed by atoms with Crippen LogP contribution in [0, 0.1) is 26.6 Å². The van der Waals surface area contributed by atoms with E-state index in [-0.39, 0.29) is 24.2 Å². The van der Waals surface area contributed by atoms with Crippen molar-refractivity contribution in [1.29, 1.82) is 0 Å². The van der Waals surface area contributed by atoms with Gasteiger partial charge in [0.25, 0.3) is 0 Å². The molecule has 5 heteroatoms. The van der Waals surface area contributed by atoms with E-state index < -0.39 is 5.41 Å². The average Bonchev–Trinajstić information content (AvgIpc) is 2.57. The van der Waals surface area contributed by atoms with Crippen LogP contribution in [0.4, 0.5) is 10.1 Å². The number of anilines is 1. The zero-order valence-electron chi connectivity index (χ0n) is 16.9. The molecule has 0 atom stereocenters. The topological polar surface area (TPSA) is 49.4 Å². The van der Waals surface area contributed by atoms with E-state index in [4.69, 9.17) is 0 Å². The van der Waals surface area contributed by atoms with Crippen molar-refractivity contribution in [3.63, 3.8) is 0 Å². The molecule has 1 aliphatic rings. The maximum Gasteiger partial charge on any atom is 0.243 e. The number of carbonyl (C=O) groups excluding carboxylic acids is 2. The molecule has 3 rings (SSSR count). The van der Waals surface area contributed by atoms with Gasteiger partial charge in [-0.1, -0.05) is 36.2 Å².